The van der Waals surface area contributed by atoms with Gasteiger partial charge in [0.15, 0.2) is 11.5 Å². The van der Waals surface area contributed by atoms with Crippen molar-refractivity contribution in [3.05, 3.63) is 95.6 Å². The number of amides is 2. The molecular formula is C28H28N2O6S. The first-order valence-corrected chi connectivity index (χ1v) is 13.2. The van der Waals surface area contributed by atoms with Crippen molar-refractivity contribution in [2.24, 2.45) is 0 Å². The number of piperazine rings is 1. The number of carbonyl (C=O) groups excluding carboxylic acids is 2. The summed E-state index contributed by atoms with van der Waals surface area (Å²) < 4.78 is 35.9. The van der Waals surface area contributed by atoms with Gasteiger partial charge in [-0.1, -0.05) is 42.0 Å². The van der Waals surface area contributed by atoms with Crippen molar-refractivity contribution in [1.82, 2.24) is 9.80 Å². The summed E-state index contributed by atoms with van der Waals surface area (Å²) in [7, 11) is -2.62. The molecule has 192 valence electrons. The SMILES string of the molecule is COc1cc(C=CC(=O)N2CCN(C(=O)c3ccccc3)CC2)ccc1OS(=O)(=O)c1ccc(C)cc1. The number of benzene rings is 3. The van der Waals surface area contributed by atoms with Crippen LogP contribution in [0.4, 0.5) is 0 Å². The van der Waals surface area contributed by atoms with Crippen LogP contribution in [0.5, 0.6) is 11.5 Å². The fourth-order valence-electron chi connectivity index (χ4n) is 3.89. The lowest BCUT2D eigenvalue weighted by Gasteiger charge is -2.34. The molecule has 0 unspecified atom stereocenters. The fraction of sp³-hybridized carbons (Fsp3) is 0.214. The van der Waals surface area contributed by atoms with E-state index < -0.39 is 10.1 Å². The second-order valence-corrected chi connectivity index (χ2v) is 10.1. The van der Waals surface area contributed by atoms with Crippen LogP contribution >= 0.6 is 0 Å². The molecule has 1 heterocycles. The number of hydrogen-bond donors (Lipinski definition) is 0. The second kappa shape index (κ2) is 11.3. The van der Waals surface area contributed by atoms with Crippen LogP contribution in [-0.2, 0) is 14.9 Å². The van der Waals surface area contributed by atoms with Gasteiger partial charge in [-0.2, -0.15) is 8.42 Å². The standard InChI is InChI=1S/C28H28N2O6S/c1-21-8-12-24(13-9-21)37(33,34)36-25-14-10-22(20-26(25)35-2)11-15-27(31)29-16-18-30(19-17-29)28(32)23-6-4-3-5-7-23/h3-15,20H,16-19H2,1-2H3. The molecule has 4 rings (SSSR count). The highest BCUT2D eigenvalue weighted by molar-refractivity contribution is 7.87. The van der Waals surface area contributed by atoms with E-state index in [4.69, 9.17) is 8.92 Å². The smallest absolute Gasteiger partial charge is 0.339 e. The normalized spacial score (nSPS) is 14.0. The average Bonchev–Trinajstić information content (AvgIpc) is 2.92. The van der Waals surface area contributed by atoms with Gasteiger partial charge >= 0.3 is 10.1 Å². The number of ether oxygens (including phenoxy) is 1. The van der Waals surface area contributed by atoms with Crippen LogP contribution < -0.4 is 8.92 Å². The third-order valence-electron chi connectivity index (χ3n) is 6.01. The van der Waals surface area contributed by atoms with E-state index in [-0.39, 0.29) is 28.2 Å². The molecule has 3 aromatic rings. The summed E-state index contributed by atoms with van der Waals surface area (Å²) >= 11 is 0. The summed E-state index contributed by atoms with van der Waals surface area (Å²) in [6, 6.07) is 20.2. The highest BCUT2D eigenvalue weighted by Crippen LogP contribution is 2.31. The first-order chi connectivity index (χ1) is 17.8. The Kier molecular flexibility index (Phi) is 7.93. The molecule has 37 heavy (non-hydrogen) atoms. The Morgan fingerprint density at radius 1 is 0.838 bits per heavy atom. The molecule has 0 N–H and O–H groups in total. The van der Waals surface area contributed by atoms with Crippen molar-refractivity contribution in [2.75, 3.05) is 33.3 Å². The maximum Gasteiger partial charge on any atom is 0.339 e. The fourth-order valence-corrected chi connectivity index (χ4v) is 4.83. The number of nitrogens with zero attached hydrogens (tertiary/aromatic N) is 2. The third kappa shape index (κ3) is 6.37. The van der Waals surface area contributed by atoms with Crippen LogP contribution in [0.3, 0.4) is 0 Å². The molecule has 1 aliphatic rings. The average molecular weight is 521 g/mol. The molecule has 2 amide bonds. The molecule has 0 atom stereocenters. The van der Waals surface area contributed by atoms with Gasteiger partial charge in [0.05, 0.1) is 7.11 Å². The predicted octanol–water partition coefficient (Wildman–Crippen LogP) is 3.77. The van der Waals surface area contributed by atoms with Crippen LogP contribution in [0.1, 0.15) is 21.5 Å². The van der Waals surface area contributed by atoms with E-state index in [1.807, 2.05) is 25.1 Å². The summed E-state index contributed by atoms with van der Waals surface area (Å²) in [5.41, 5.74) is 2.21. The van der Waals surface area contributed by atoms with Crippen molar-refractivity contribution in [3.63, 3.8) is 0 Å². The first kappa shape index (κ1) is 26.0. The highest BCUT2D eigenvalue weighted by atomic mass is 32.2. The predicted molar refractivity (Wildman–Crippen MR) is 140 cm³/mol. The lowest BCUT2D eigenvalue weighted by atomic mass is 10.1. The lowest BCUT2D eigenvalue weighted by Crippen LogP contribution is -2.50. The van der Waals surface area contributed by atoms with Crippen LogP contribution in [0.2, 0.25) is 0 Å². The molecule has 1 fully saturated rings. The van der Waals surface area contributed by atoms with Gasteiger partial charge in [-0.15, -0.1) is 0 Å². The van der Waals surface area contributed by atoms with Gasteiger partial charge in [-0.05, 0) is 55.0 Å². The third-order valence-corrected chi connectivity index (χ3v) is 7.26. The minimum absolute atomic E-state index is 0.0398. The van der Waals surface area contributed by atoms with Crippen molar-refractivity contribution in [1.29, 1.82) is 0 Å². The van der Waals surface area contributed by atoms with Gasteiger partial charge in [0.1, 0.15) is 4.90 Å². The summed E-state index contributed by atoms with van der Waals surface area (Å²) in [4.78, 5) is 28.8. The van der Waals surface area contributed by atoms with E-state index in [2.05, 4.69) is 0 Å². The Bertz CT molecular complexity index is 1390. The molecule has 1 aliphatic heterocycles. The van der Waals surface area contributed by atoms with E-state index in [0.717, 1.165) is 5.56 Å². The summed E-state index contributed by atoms with van der Waals surface area (Å²) in [5, 5.41) is 0. The Hall–Kier alpha value is -4.11. The van der Waals surface area contributed by atoms with Gasteiger partial charge < -0.3 is 18.7 Å². The number of carbonyl (C=O) groups is 2. The number of methoxy groups -OCH3 is 1. The Morgan fingerprint density at radius 3 is 2.14 bits per heavy atom. The van der Waals surface area contributed by atoms with Gasteiger partial charge in [0.2, 0.25) is 5.91 Å². The number of rotatable bonds is 7. The Labute approximate surface area is 216 Å². The minimum Gasteiger partial charge on any atom is -0.493 e. The molecule has 0 aliphatic carbocycles. The van der Waals surface area contributed by atoms with Crippen LogP contribution in [-0.4, -0.2) is 63.3 Å². The van der Waals surface area contributed by atoms with Crippen molar-refractivity contribution in [2.45, 2.75) is 11.8 Å². The highest BCUT2D eigenvalue weighted by Gasteiger charge is 2.24. The lowest BCUT2D eigenvalue weighted by molar-refractivity contribution is -0.127. The van der Waals surface area contributed by atoms with E-state index in [0.29, 0.717) is 37.3 Å². The maximum absolute atomic E-state index is 12.7. The topological polar surface area (TPSA) is 93.2 Å². The quantitative estimate of drug-likeness (QED) is 0.348. The molecule has 0 aromatic heterocycles. The number of aryl methyl sites for hydroxylation is 1. The molecule has 3 aromatic carbocycles. The van der Waals surface area contributed by atoms with E-state index in [9.17, 15) is 18.0 Å². The van der Waals surface area contributed by atoms with Crippen LogP contribution in [0, 0.1) is 6.92 Å². The van der Waals surface area contributed by atoms with Crippen molar-refractivity contribution < 1.29 is 26.9 Å². The molecule has 1 saturated heterocycles. The second-order valence-electron chi connectivity index (χ2n) is 8.58. The van der Waals surface area contributed by atoms with Gasteiger partial charge in [-0.25, -0.2) is 0 Å². The first-order valence-electron chi connectivity index (χ1n) is 11.8. The monoisotopic (exact) mass is 520 g/mol. The maximum atomic E-state index is 12.7. The molecule has 0 radical (unpaired) electrons. The summed E-state index contributed by atoms with van der Waals surface area (Å²) in [5.74, 6) is 0.0548. The molecule has 8 nitrogen and oxygen atoms in total. The molecule has 0 saturated carbocycles. The van der Waals surface area contributed by atoms with Crippen LogP contribution in [0.15, 0.2) is 83.8 Å². The zero-order valence-corrected chi connectivity index (χ0v) is 21.5. The Balaban J connectivity index is 1.37. The van der Waals surface area contributed by atoms with Crippen molar-refractivity contribution >= 4 is 28.0 Å². The van der Waals surface area contributed by atoms with Gasteiger partial charge in [0, 0.05) is 37.8 Å². The zero-order chi connectivity index (χ0) is 26.4. The summed E-state index contributed by atoms with van der Waals surface area (Å²) in [6.45, 7) is 3.67. The molecular weight excluding hydrogens is 492 g/mol. The molecule has 0 spiro atoms. The van der Waals surface area contributed by atoms with Crippen LogP contribution in [0.25, 0.3) is 6.08 Å². The Morgan fingerprint density at radius 2 is 1.49 bits per heavy atom. The molecule has 9 heteroatoms. The van der Waals surface area contributed by atoms with E-state index >= 15 is 0 Å². The van der Waals surface area contributed by atoms with E-state index in [1.54, 1.807) is 52.3 Å². The largest absolute Gasteiger partial charge is 0.493 e. The minimum atomic E-state index is -4.03. The molecule has 0 bridgehead atoms. The van der Waals surface area contributed by atoms with Gasteiger partial charge in [0.25, 0.3) is 5.91 Å². The zero-order valence-electron chi connectivity index (χ0n) is 20.7. The summed E-state index contributed by atoms with van der Waals surface area (Å²) in [6.07, 6.45) is 3.08. The van der Waals surface area contributed by atoms with Crippen molar-refractivity contribution in [3.8, 4) is 11.5 Å². The van der Waals surface area contributed by atoms with E-state index in [1.165, 1.54) is 31.4 Å². The number of hydrogen-bond acceptors (Lipinski definition) is 6. The van der Waals surface area contributed by atoms with Gasteiger partial charge in [-0.3, -0.25) is 9.59 Å².